The topological polar surface area (TPSA) is 101 Å². The van der Waals surface area contributed by atoms with E-state index in [0.29, 0.717) is 35.4 Å². The highest BCUT2D eigenvalue weighted by Gasteiger charge is 2.24. The maximum atomic E-state index is 12.8. The summed E-state index contributed by atoms with van der Waals surface area (Å²) in [4.78, 5) is 14.8. The summed E-state index contributed by atoms with van der Waals surface area (Å²) in [7, 11) is 1.89. The van der Waals surface area contributed by atoms with E-state index in [1.807, 2.05) is 11.9 Å². The van der Waals surface area contributed by atoms with Gasteiger partial charge >= 0.3 is 0 Å². The molecule has 0 radical (unpaired) electrons. The van der Waals surface area contributed by atoms with Crippen LogP contribution < -0.4 is 0 Å². The number of carbonyl (C=O) groups is 1. The van der Waals surface area contributed by atoms with Gasteiger partial charge in [0, 0.05) is 24.2 Å². The van der Waals surface area contributed by atoms with E-state index in [1.54, 1.807) is 24.3 Å². The highest BCUT2D eigenvalue weighted by molar-refractivity contribution is 6.14. The summed E-state index contributed by atoms with van der Waals surface area (Å²) in [6.45, 7) is 0.914. The number of benzene rings is 2. The minimum atomic E-state index is -0.244. The van der Waals surface area contributed by atoms with Crippen LogP contribution in [0.2, 0.25) is 0 Å². The zero-order valence-electron chi connectivity index (χ0n) is 14.2. The number of phenols is 4. The average molecular weight is 353 g/mol. The van der Waals surface area contributed by atoms with Crippen molar-refractivity contribution in [1.29, 1.82) is 0 Å². The molecule has 1 aliphatic heterocycles. The Morgan fingerprint density at radius 2 is 1.19 bits per heavy atom. The third-order valence-corrected chi connectivity index (χ3v) is 4.14. The van der Waals surface area contributed by atoms with Crippen LogP contribution in [0.25, 0.3) is 12.2 Å². The van der Waals surface area contributed by atoms with E-state index < -0.39 is 0 Å². The van der Waals surface area contributed by atoms with Crippen molar-refractivity contribution in [2.45, 2.75) is 0 Å². The first-order chi connectivity index (χ1) is 12.3. The first-order valence-corrected chi connectivity index (χ1v) is 8.02. The molecular formula is C20H19NO5. The summed E-state index contributed by atoms with van der Waals surface area (Å²) >= 11 is 0. The minimum absolute atomic E-state index is 0.122. The molecule has 1 heterocycles. The number of phenolic OH excluding ortho intramolecular Hbond substituents is 4. The predicted octanol–water partition coefficient (Wildman–Crippen LogP) is 2.49. The number of hydrogen-bond donors (Lipinski definition) is 4. The van der Waals surface area contributed by atoms with Gasteiger partial charge in [-0.25, -0.2) is 0 Å². The first-order valence-electron chi connectivity index (χ1n) is 8.02. The third kappa shape index (κ3) is 3.70. The molecule has 6 heteroatoms. The standard InChI is InChI=1S/C20H19NO5/c1-21-10-14(6-12-2-4-16(22)18(24)8-12)20(26)15(11-21)7-13-3-5-17(23)19(25)9-13/h2-9,22-25H,10-11H2,1H3/b14-6+,15-7+. The molecular weight excluding hydrogens is 334 g/mol. The van der Waals surface area contributed by atoms with Gasteiger partial charge in [0.15, 0.2) is 28.8 Å². The fraction of sp³-hybridized carbons (Fsp3) is 0.150. The summed E-state index contributed by atoms with van der Waals surface area (Å²) in [6, 6.07) is 8.76. The molecule has 2 aromatic carbocycles. The minimum Gasteiger partial charge on any atom is -0.504 e. The molecule has 1 saturated heterocycles. The Morgan fingerprint density at radius 3 is 1.58 bits per heavy atom. The van der Waals surface area contributed by atoms with E-state index in [0.717, 1.165) is 0 Å². The lowest BCUT2D eigenvalue weighted by atomic mass is 9.94. The molecule has 0 saturated carbocycles. The Hall–Kier alpha value is -3.25. The number of carbonyl (C=O) groups excluding carboxylic acids is 1. The van der Waals surface area contributed by atoms with E-state index in [4.69, 9.17) is 0 Å². The fourth-order valence-corrected chi connectivity index (χ4v) is 2.87. The summed E-state index contributed by atoms with van der Waals surface area (Å²) < 4.78 is 0. The van der Waals surface area contributed by atoms with Gasteiger partial charge in [-0.3, -0.25) is 9.69 Å². The molecule has 3 rings (SSSR count). The smallest absolute Gasteiger partial charge is 0.187 e. The predicted molar refractivity (Wildman–Crippen MR) is 98.0 cm³/mol. The van der Waals surface area contributed by atoms with Crippen molar-refractivity contribution < 1.29 is 25.2 Å². The van der Waals surface area contributed by atoms with Gasteiger partial charge in [-0.05, 0) is 54.6 Å². The normalized spacial score (nSPS) is 18.6. The van der Waals surface area contributed by atoms with Gasteiger partial charge in [0.2, 0.25) is 0 Å². The molecule has 0 amide bonds. The molecule has 134 valence electrons. The maximum Gasteiger partial charge on any atom is 0.187 e. The van der Waals surface area contributed by atoms with Crippen molar-refractivity contribution in [1.82, 2.24) is 4.90 Å². The van der Waals surface area contributed by atoms with Crippen molar-refractivity contribution in [2.75, 3.05) is 20.1 Å². The molecule has 6 nitrogen and oxygen atoms in total. The maximum absolute atomic E-state index is 12.8. The quantitative estimate of drug-likeness (QED) is 0.489. The molecule has 0 unspecified atom stereocenters. The second-order valence-electron chi connectivity index (χ2n) is 6.34. The number of ketones is 1. The Morgan fingerprint density at radius 1 is 0.769 bits per heavy atom. The van der Waals surface area contributed by atoms with Gasteiger partial charge < -0.3 is 20.4 Å². The highest BCUT2D eigenvalue weighted by atomic mass is 16.3. The molecule has 0 spiro atoms. The summed E-state index contributed by atoms with van der Waals surface area (Å²) in [5.41, 5.74) is 2.33. The van der Waals surface area contributed by atoms with Crippen LogP contribution in [0.5, 0.6) is 23.0 Å². The zero-order chi connectivity index (χ0) is 18.8. The fourth-order valence-electron chi connectivity index (χ4n) is 2.87. The Labute approximate surface area is 150 Å². The number of aromatic hydroxyl groups is 4. The SMILES string of the molecule is CN1C/C(=C\c2ccc(O)c(O)c2)C(=O)/C(=C/c2ccc(O)c(O)c2)C1. The molecule has 2 aromatic rings. The second-order valence-corrected chi connectivity index (χ2v) is 6.34. The van der Waals surface area contributed by atoms with Crippen molar-refractivity contribution in [3.8, 4) is 23.0 Å². The van der Waals surface area contributed by atoms with Gasteiger partial charge in [-0.1, -0.05) is 12.1 Å². The van der Waals surface area contributed by atoms with E-state index in [2.05, 4.69) is 0 Å². The van der Waals surface area contributed by atoms with Crippen LogP contribution in [0.1, 0.15) is 11.1 Å². The Balaban J connectivity index is 1.94. The van der Waals surface area contributed by atoms with E-state index in [-0.39, 0.29) is 28.8 Å². The van der Waals surface area contributed by atoms with Gasteiger partial charge in [0.25, 0.3) is 0 Å². The number of hydrogen-bond acceptors (Lipinski definition) is 6. The molecule has 0 atom stereocenters. The van der Waals surface area contributed by atoms with Crippen molar-refractivity contribution in [2.24, 2.45) is 0 Å². The number of rotatable bonds is 2. The molecule has 0 aromatic heterocycles. The molecule has 1 aliphatic rings. The summed E-state index contributed by atoms with van der Waals surface area (Å²) in [5.74, 6) is -1.04. The van der Waals surface area contributed by atoms with Crippen LogP contribution in [-0.4, -0.2) is 51.2 Å². The van der Waals surface area contributed by atoms with E-state index in [9.17, 15) is 25.2 Å². The number of Topliss-reactive ketones (excluding diaryl/α,β-unsaturated/α-hetero) is 1. The number of piperidine rings is 1. The van der Waals surface area contributed by atoms with E-state index >= 15 is 0 Å². The monoisotopic (exact) mass is 353 g/mol. The lowest BCUT2D eigenvalue weighted by Gasteiger charge is -2.26. The van der Waals surface area contributed by atoms with Crippen molar-refractivity contribution in [3.63, 3.8) is 0 Å². The van der Waals surface area contributed by atoms with Crippen LogP contribution in [0.4, 0.5) is 0 Å². The van der Waals surface area contributed by atoms with Gasteiger partial charge in [-0.2, -0.15) is 0 Å². The van der Waals surface area contributed by atoms with Crippen molar-refractivity contribution in [3.05, 3.63) is 58.7 Å². The molecule has 0 bridgehead atoms. The summed E-state index contributed by atoms with van der Waals surface area (Å²) in [6.07, 6.45) is 3.36. The first kappa shape index (κ1) is 17.6. The highest BCUT2D eigenvalue weighted by Crippen LogP contribution is 2.29. The van der Waals surface area contributed by atoms with Crippen LogP contribution in [0.15, 0.2) is 47.5 Å². The second kappa shape index (κ2) is 6.93. The van der Waals surface area contributed by atoms with Crippen molar-refractivity contribution >= 4 is 17.9 Å². The lowest BCUT2D eigenvalue weighted by Crippen LogP contribution is -2.34. The number of nitrogens with zero attached hydrogens (tertiary/aromatic N) is 1. The molecule has 4 N–H and O–H groups in total. The number of likely N-dealkylation sites (tertiary alicyclic amines) is 1. The number of likely N-dealkylation sites (N-methyl/N-ethyl adjacent to an activating group) is 1. The van der Waals surface area contributed by atoms with Gasteiger partial charge in [0.05, 0.1) is 0 Å². The molecule has 26 heavy (non-hydrogen) atoms. The summed E-state index contributed by atoms with van der Waals surface area (Å²) in [5, 5.41) is 38.0. The molecule has 0 aliphatic carbocycles. The van der Waals surface area contributed by atoms with Crippen LogP contribution >= 0.6 is 0 Å². The average Bonchev–Trinajstić information content (AvgIpc) is 2.58. The van der Waals surface area contributed by atoms with Gasteiger partial charge in [0.1, 0.15) is 0 Å². The lowest BCUT2D eigenvalue weighted by molar-refractivity contribution is -0.113. The zero-order valence-corrected chi connectivity index (χ0v) is 14.2. The third-order valence-electron chi connectivity index (χ3n) is 4.14. The van der Waals surface area contributed by atoms with Crippen LogP contribution in [0.3, 0.4) is 0 Å². The Bertz CT molecular complexity index is 856. The molecule has 1 fully saturated rings. The largest absolute Gasteiger partial charge is 0.504 e. The van der Waals surface area contributed by atoms with E-state index in [1.165, 1.54) is 24.3 Å². The Kier molecular flexibility index (Phi) is 4.69. The van der Waals surface area contributed by atoms with Crippen LogP contribution in [0, 0.1) is 0 Å². The van der Waals surface area contributed by atoms with Crippen LogP contribution in [-0.2, 0) is 4.79 Å². The van der Waals surface area contributed by atoms with Gasteiger partial charge in [-0.15, -0.1) is 0 Å².